The van der Waals surface area contributed by atoms with Crippen LogP contribution >= 0.6 is 0 Å². The van der Waals surface area contributed by atoms with Crippen molar-refractivity contribution in [2.75, 3.05) is 18.0 Å². The minimum absolute atomic E-state index is 0.555. The zero-order valence-electron chi connectivity index (χ0n) is 12.0. The maximum atomic E-state index is 5.39. The van der Waals surface area contributed by atoms with Crippen molar-refractivity contribution in [2.45, 2.75) is 12.8 Å². The van der Waals surface area contributed by atoms with Crippen LogP contribution in [0.1, 0.15) is 12.8 Å². The molecule has 1 saturated heterocycles. The van der Waals surface area contributed by atoms with Gasteiger partial charge >= 0.3 is 0 Å². The topological polar surface area (TPSA) is 67.9 Å². The molecule has 4 heterocycles. The summed E-state index contributed by atoms with van der Waals surface area (Å²) in [7, 11) is 0. The number of anilines is 1. The fourth-order valence-electron chi connectivity index (χ4n) is 2.61. The largest absolute Gasteiger partial charge is 0.356 e. The van der Waals surface area contributed by atoms with E-state index in [1.165, 1.54) is 12.8 Å². The Labute approximate surface area is 127 Å². The number of pyridine rings is 1. The van der Waals surface area contributed by atoms with Gasteiger partial charge in [-0.05, 0) is 31.0 Å². The van der Waals surface area contributed by atoms with Gasteiger partial charge in [0, 0.05) is 31.5 Å². The summed E-state index contributed by atoms with van der Waals surface area (Å²) >= 11 is 0. The number of rotatable bonds is 3. The van der Waals surface area contributed by atoms with Crippen LogP contribution < -0.4 is 4.90 Å². The van der Waals surface area contributed by atoms with Crippen LogP contribution in [0.4, 0.5) is 5.82 Å². The molecule has 1 fully saturated rings. The average molecular weight is 293 g/mol. The second-order valence-corrected chi connectivity index (χ2v) is 5.22. The van der Waals surface area contributed by atoms with Crippen LogP contribution in [-0.4, -0.2) is 33.2 Å². The lowest BCUT2D eigenvalue weighted by molar-refractivity contribution is 0.432. The van der Waals surface area contributed by atoms with Gasteiger partial charge in [0.1, 0.15) is 11.5 Å². The molecule has 0 amide bonds. The van der Waals surface area contributed by atoms with Gasteiger partial charge < -0.3 is 9.42 Å². The summed E-state index contributed by atoms with van der Waals surface area (Å²) in [4.78, 5) is 15.4. The van der Waals surface area contributed by atoms with Crippen LogP contribution in [0.3, 0.4) is 0 Å². The number of hydrogen-bond donors (Lipinski definition) is 0. The quantitative estimate of drug-likeness (QED) is 0.739. The lowest BCUT2D eigenvalue weighted by atomic mass is 10.2. The van der Waals surface area contributed by atoms with Gasteiger partial charge in [-0.25, -0.2) is 9.97 Å². The Kier molecular flexibility index (Phi) is 3.27. The number of nitrogens with zero attached hydrogens (tertiary/aromatic N) is 5. The summed E-state index contributed by atoms with van der Waals surface area (Å²) in [6, 6.07) is 9.44. The summed E-state index contributed by atoms with van der Waals surface area (Å²) in [6.07, 6.45) is 5.92. The summed E-state index contributed by atoms with van der Waals surface area (Å²) in [5.74, 6) is 2.05. The first-order chi connectivity index (χ1) is 10.9. The number of hydrogen-bond acceptors (Lipinski definition) is 6. The lowest BCUT2D eigenvalue weighted by Gasteiger charge is -2.15. The molecule has 0 spiro atoms. The molecule has 0 atom stereocenters. The molecular formula is C16H15N5O. The second-order valence-electron chi connectivity index (χ2n) is 5.22. The summed E-state index contributed by atoms with van der Waals surface area (Å²) in [6.45, 7) is 2.10. The highest BCUT2D eigenvalue weighted by Crippen LogP contribution is 2.24. The minimum atomic E-state index is 0.555. The maximum Gasteiger partial charge on any atom is 0.204 e. The molecule has 0 unspecified atom stereocenters. The highest BCUT2D eigenvalue weighted by Gasteiger charge is 2.16. The molecule has 0 radical (unpaired) electrons. The first kappa shape index (κ1) is 12.9. The van der Waals surface area contributed by atoms with Crippen molar-refractivity contribution in [3.05, 3.63) is 42.7 Å². The Morgan fingerprint density at radius 3 is 2.68 bits per heavy atom. The van der Waals surface area contributed by atoms with Crippen molar-refractivity contribution in [2.24, 2.45) is 0 Å². The zero-order chi connectivity index (χ0) is 14.8. The molecule has 1 aliphatic rings. The molecule has 0 N–H and O–H groups in total. The molecule has 3 aromatic rings. The average Bonchev–Trinajstić information content (AvgIpc) is 3.28. The zero-order valence-corrected chi connectivity index (χ0v) is 12.0. The Bertz CT molecular complexity index is 765. The molecule has 0 saturated carbocycles. The molecule has 4 rings (SSSR count). The van der Waals surface area contributed by atoms with Gasteiger partial charge in [-0.15, -0.1) is 0 Å². The van der Waals surface area contributed by atoms with Crippen molar-refractivity contribution in [1.29, 1.82) is 0 Å². The predicted octanol–water partition coefficient (Wildman–Crippen LogP) is 2.79. The van der Waals surface area contributed by atoms with Crippen LogP contribution in [0.25, 0.3) is 23.0 Å². The van der Waals surface area contributed by atoms with Crippen molar-refractivity contribution >= 4 is 5.82 Å². The van der Waals surface area contributed by atoms with E-state index in [0.717, 1.165) is 24.6 Å². The summed E-state index contributed by atoms with van der Waals surface area (Å²) in [5, 5.41) is 4.06. The smallest absolute Gasteiger partial charge is 0.204 e. The monoisotopic (exact) mass is 293 g/mol. The third-order valence-electron chi connectivity index (χ3n) is 3.73. The van der Waals surface area contributed by atoms with Gasteiger partial charge in [-0.3, -0.25) is 4.98 Å². The van der Waals surface area contributed by atoms with Gasteiger partial charge in [-0.2, -0.15) is 0 Å². The molecule has 0 aliphatic carbocycles. The first-order valence-electron chi connectivity index (χ1n) is 7.37. The van der Waals surface area contributed by atoms with E-state index in [1.54, 1.807) is 12.4 Å². The Morgan fingerprint density at radius 2 is 1.86 bits per heavy atom. The molecule has 0 aromatic carbocycles. The fraction of sp³-hybridized carbons (Fsp3) is 0.250. The summed E-state index contributed by atoms with van der Waals surface area (Å²) < 4.78 is 5.39. The van der Waals surface area contributed by atoms with E-state index in [1.807, 2.05) is 30.3 Å². The van der Waals surface area contributed by atoms with E-state index in [4.69, 9.17) is 4.52 Å². The Hall–Kier alpha value is -2.76. The maximum absolute atomic E-state index is 5.39. The highest BCUT2D eigenvalue weighted by molar-refractivity contribution is 5.61. The predicted molar refractivity (Wildman–Crippen MR) is 82.2 cm³/mol. The first-order valence-corrected chi connectivity index (χ1v) is 7.37. The van der Waals surface area contributed by atoms with E-state index in [2.05, 4.69) is 25.0 Å². The van der Waals surface area contributed by atoms with E-state index in [0.29, 0.717) is 17.3 Å². The highest BCUT2D eigenvalue weighted by atomic mass is 16.5. The SMILES string of the molecule is c1ccc(-c2cc(-c3nccc(N4CCCC4)n3)on2)nc1. The normalized spacial score (nSPS) is 14.5. The molecule has 110 valence electrons. The minimum Gasteiger partial charge on any atom is -0.356 e. The van der Waals surface area contributed by atoms with Crippen LogP contribution in [0.5, 0.6) is 0 Å². The molecule has 1 aliphatic heterocycles. The molecule has 3 aromatic heterocycles. The van der Waals surface area contributed by atoms with Crippen LogP contribution in [0, 0.1) is 0 Å². The van der Waals surface area contributed by atoms with Gasteiger partial charge in [0.25, 0.3) is 0 Å². The van der Waals surface area contributed by atoms with E-state index in [9.17, 15) is 0 Å². The van der Waals surface area contributed by atoms with Gasteiger partial charge in [0.15, 0.2) is 0 Å². The number of aromatic nitrogens is 4. The van der Waals surface area contributed by atoms with Gasteiger partial charge in [0.05, 0.1) is 5.69 Å². The Morgan fingerprint density at radius 1 is 0.955 bits per heavy atom. The molecule has 22 heavy (non-hydrogen) atoms. The van der Waals surface area contributed by atoms with Crippen molar-refractivity contribution in [1.82, 2.24) is 20.1 Å². The van der Waals surface area contributed by atoms with Crippen LogP contribution in [-0.2, 0) is 0 Å². The lowest BCUT2D eigenvalue weighted by Crippen LogP contribution is -2.19. The van der Waals surface area contributed by atoms with E-state index < -0.39 is 0 Å². The van der Waals surface area contributed by atoms with Crippen molar-refractivity contribution in [3.63, 3.8) is 0 Å². The van der Waals surface area contributed by atoms with Crippen LogP contribution in [0.2, 0.25) is 0 Å². The van der Waals surface area contributed by atoms with E-state index in [-0.39, 0.29) is 0 Å². The van der Waals surface area contributed by atoms with Crippen LogP contribution in [0.15, 0.2) is 47.2 Å². The van der Waals surface area contributed by atoms with Gasteiger partial charge in [-0.1, -0.05) is 11.2 Å². The van der Waals surface area contributed by atoms with Crippen molar-refractivity contribution in [3.8, 4) is 23.0 Å². The molecule has 6 nitrogen and oxygen atoms in total. The second kappa shape index (κ2) is 5.55. The van der Waals surface area contributed by atoms with Gasteiger partial charge in [0.2, 0.25) is 11.6 Å². The third-order valence-corrected chi connectivity index (χ3v) is 3.73. The molecular weight excluding hydrogens is 278 g/mol. The summed E-state index contributed by atoms with van der Waals surface area (Å²) in [5.41, 5.74) is 1.46. The van der Waals surface area contributed by atoms with E-state index >= 15 is 0 Å². The Balaban J connectivity index is 1.65. The molecule has 6 heteroatoms. The fourth-order valence-corrected chi connectivity index (χ4v) is 2.61. The third kappa shape index (κ3) is 2.43. The van der Waals surface area contributed by atoms with Crippen molar-refractivity contribution < 1.29 is 4.52 Å². The standard InChI is InChI=1S/C16H15N5O/c1-2-7-17-12(5-1)13-11-14(22-20-13)16-18-8-6-15(19-16)21-9-3-4-10-21/h1-2,5-8,11H,3-4,9-10H2. The molecule has 0 bridgehead atoms.